The van der Waals surface area contributed by atoms with Crippen molar-refractivity contribution in [3.8, 4) is 0 Å². The van der Waals surface area contributed by atoms with Gasteiger partial charge in [0.1, 0.15) is 23.3 Å². The van der Waals surface area contributed by atoms with Gasteiger partial charge >= 0.3 is 5.97 Å². The summed E-state index contributed by atoms with van der Waals surface area (Å²) >= 11 is 0. The van der Waals surface area contributed by atoms with Gasteiger partial charge in [0, 0.05) is 6.42 Å². The number of carbonyl (C=O) groups is 1. The smallest absolute Gasteiger partial charge is 0.335 e. The van der Waals surface area contributed by atoms with E-state index in [0.717, 1.165) is 0 Å². The fourth-order valence-electron chi connectivity index (χ4n) is 4.17. The van der Waals surface area contributed by atoms with Crippen LogP contribution in [0.4, 0.5) is 10.1 Å². The molecule has 1 aliphatic heterocycles. The van der Waals surface area contributed by atoms with Gasteiger partial charge in [0.15, 0.2) is 5.79 Å². The van der Waals surface area contributed by atoms with Gasteiger partial charge in [0.05, 0.1) is 31.1 Å². The Morgan fingerprint density at radius 3 is 2.48 bits per heavy atom. The predicted octanol–water partition coefficient (Wildman–Crippen LogP) is 1.64. The van der Waals surface area contributed by atoms with Gasteiger partial charge in [-0.2, -0.15) is 0 Å². The van der Waals surface area contributed by atoms with Gasteiger partial charge in [-0.3, -0.25) is 4.72 Å². The minimum absolute atomic E-state index is 0.0300. The number of ether oxygens (including phenoxy) is 3. The third-order valence-electron chi connectivity index (χ3n) is 5.68. The van der Waals surface area contributed by atoms with E-state index >= 15 is 0 Å². The van der Waals surface area contributed by atoms with Gasteiger partial charge in [-0.1, -0.05) is 13.3 Å². The van der Waals surface area contributed by atoms with Crippen LogP contribution in [-0.4, -0.2) is 67.7 Å². The van der Waals surface area contributed by atoms with Gasteiger partial charge in [0.2, 0.25) is 10.0 Å². The standard InChI is InChI=1S/C22H30FNO8S/c1-3-5-14-10-15(23)6-7-17(14)24-33(28,29)20-8-9-22(11-16(20)21(27)30-4-2)31-18(12-25)19(13-26)32-22/h6-7,10-11,18-20,24-26H,3-5,8-9,12-13H2,1-2H3/t18-,19-,20?/m0/s1. The fourth-order valence-corrected chi connectivity index (χ4v) is 5.74. The molecule has 1 fully saturated rings. The Balaban J connectivity index is 1.96. The third-order valence-corrected chi connectivity index (χ3v) is 7.42. The lowest BCUT2D eigenvalue weighted by Crippen LogP contribution is -2.43. The summed E-state index contributed by atoms with van der Waals surface area (Å²) < 4.78 is 59.5. The molecule has 0 amide bonds. The zero-order valence-corrected chi connectivity index (χ0v) is 19.4. The average molecular weight is 488 g/mol. The Morgan fingerprint density at radius 1 is 1.24 bits per heavy atom. The highest BCUT2D eigenvalue weighted by molar-refractivity contribution is 7.93. The molecular weight excluding hydrogens is 457 g/mol. The van der Waals surface area contributed by atoms with Crippen molar-refractivity contribution in [3.05, 3.63) is 41.2 Å². The summed E-state index contributed by atoms with van der Waals surface area (Å²) in [7, 11) is -4.14. The number of halogens is 1. The van der Waals surface area contributed by atoms with Crippen molar-refractivity contribution >= 4 is 21.7 Å². The lowest BCUT2D eigenvalue weighted by Gasteiger charge is -2.33. The highest BCUT2D eigenvalue weighted by Gasteiger charge is 2.51. The summed E-state index contributed by atoms with van der Waals surface area (Å²) in [6, 6.07) is 3.81. The number of aliphatic hydroxyl groups is 2. The molecule has 0 bridgehead atoms. The quantitative estimate of drug-likeness (QED) is 0.448. The fraction of sp³-hybridized carbons (Fsp3) is 0.591. The summed E-state index contributed by atoms with van der Waals surface area (Å²) in [4.78, 5) is 12.7. The highest BCUT2D eigenvalue weighted by Crippen LogP contribution is 2.41. The van der Waals surface area contributed by atoms with Crippen LogP contribution < -0.4 is 4.72 Å². The molecule has 1 heterocycles. The van der Waals surface area contributed by atoms with Crippen molar-refractivity contribution in [2.45, 2.75) is 62.8 Å². The maximum Gasteiger partial charge on any atom is 0.335 e. The Bertz CT molecular complexity index is 984. The number of sulfonamides is 1. The van der Waals surface area contributed by atoms with E-state index in [2.05, 4.69) is 4.72 Å². The monoisotopic (exact) mass is 487 g/mol. The van der Waals surface area contributed by atoms with Crippen molar-refractivity contribution in [3.63, 3.8) is 0 Å². The molecule has 0 aromatic heterocycles. The van der Waals surface area contributed by atoms with E-state index in [0.29, 0.717) is 18.4 Å². The Morgan fingerprint density at radius 2 is 1.91 bits per heavy atom. The van der Waals surface area contributed by atoms with Crippen LogP contribution >= 0.6 is 0 Å². The molecule has 33 heavy (non-hydrogen) atoms. The molecule has 3 rings (SSSR count). The SMILES string of the molecule is CCCc1cc(F)ccc1NS(=O)(=O)C1CCC2(C=C1C(=O)OCC)O[C@@H](CO)[C@H](CO)O2. The number of anilines is 1. The minimum Gasteiger partial charge on any atom is -0.463 e. The number of benzene rings is 1. The first-order valence-electron chi connectivity index (χ1n) is 11.0. The van der Waals surface area contributed by atoms with Crippen molar-refractivity contribution in [1.29, 1.82) is 0 Å². The first-order valence-corrected chi connectivity index (χ1v) is 12.5. The maximum atomic E-state index is 13.7. The Labute approximate surface area is 192 Å². The van der Waals surface area contributed by atoms with Gasteiger partial charge in [-0.05, 0) is 49.6 Å². The van der Waals surface area contributed by atoms with Crippen LogP contribution in [0.15, 0.2) is 29.8 Å². The Kier molecular flexibility index (Phi) is 8.12. The van der Waals surface area contributed by atoms with E-state index < -0.39 is 58.3 Å². The zero-order chi connectivity index (χ0) is 24.2. The van der Waals surface area contributed by atoms with Crippen LogP contribution in [0.2, 0.25) is 0 Å². The second-order valence-corrected chi connectivity index (χ2v) is 9.90. The zero-order valence-electron chi connectivity index (χ0n) is 18.6. The van der Waals surface area contributed by atoms with Crippen LogP contribution in [0.25, 0.3) is 0 Å². The molecule has 9 nitrogen and oxygen atoms in total. The van der Waals surface area contributed by atoms with E-state index in [9.17, 15) is 27.8 Å². The van der Waals surface area contributed by atoms with Gasteiger partial charge in [-0.25, -0.2) is 17.6 Å². The van der Waals surface area contributed by atoms with Crippen molar-refractivity contribution in [2.24, 2.45) is 0 Å². The predicted molar refractivity (Wildman–Crippen MR) is 117 cm³/mol. The second-order valence-electron chi connectivity index (χ2n) is 8.04. The molecule has 1 unspecified atom stereocenters. The van der Waals surface area contributed by atoms with Gasteiger partial charge in [-0.15, -0.1) is 0 Å². The number of rotatable bonds is 9. The molecule has 0 saturated carbocycles. The summed E-state index contributed by atoms with van der Waals surface area (Å²) in [6.45, 7) is 2.70. The number of nitrogens with one attached hydrogen (secondary N) is 1. The van der Waals surface area contributed by atoms with Crippen LogP contribution in [0.1, 0.15) is 38.7 Å². The molecule has 3 N–H and O–H groups in total. The molecule has 1 saturated heterocycles. The van der Waals surface area contributed by atoms with Gasteiger partial charge in [0.25, 0.3) is 0 Å². The van der Waals surface area contributed by atoms with Crippen LogP contribution in [-0.2, 0) is 35.4 Å². The van der Waals surface area contributed by atoms with Crippen LogP contribution in [0.5, 0.6) is 0 Å². The third kappa shape index (κ3) is 5.55. The number of aryl methyl sites for hydroxylation is 1. The van der Waals surface area contributed by atoms with E-state index in [1.807, 2.05) is 6.92 Å². The molecule has 1 aromatic rings. The largest absolute Gasteiger partial charge is 0.463 e. The van der Waals surface area contributed by atoms with E-state index in [1.54, 1.807) is 6.92 Å². The molecule has 11 heteroatoms. The molecule has 3 atom stereocenters. The molecule has 1 spiro atoms. The molecule has 2 aliphatic rings. The molecule has 0 radical (unpaired) electrons. The summed E-state index contributed by atoms with van der Waals surface area (Å²) in [5.41, 5.74) is 0.592. The number of hydrogen-bond donors (Lipinski definition) is 3. The van der Waals surface area contributed by atoms with E-state index in [1.165, 1.54) is 24.3 Å². The molecule has 1 aromatic carbocycles. The first kappa shape index (κ1) is 25.6. The lowest BCUT2D eigenvalue weighted by molar-refractivity contribution is -0.154. The summed E-state index contributed by atoms with van der Waals surface area (Å²) in [6.07, 6.45) is 0.810. The number of hydrogen-bond acceptors (Lipinski definition) is 8. The number of carbonyl (C=O) groups excluding carboxylic acids is 1. The van der Waals surface area contributed by atoms with E-state index in [4.69, 9.17) is 14.2 Å². The average Bonchev–Trinajstić information content (AvgIpc) is 3.12. The molecular formula is C22H30FNO8S. The van der Waals surface area contributed by atoms with Gasteiger partial charge < -0.3 is 24.4 Å². The van der Waals surface area contributed by atoms with Crippen molar-refractivity contribution in [1.82, 2.24) is 0 Å². The van der Waals surface area contributed by atoms with Crippen LogP contribution in [0.3, 0.4) is 0 Å². The molecule has 184 valence electrons. The Hall–Kier alpha value is -2.05. The molecule has 1 aliphatic carbocycles. The van der Waals surface area contributed by atoms with Crippen LogP contribution in [0, 0.1) is 5.82 Å². The van der Waals surface area contributed by atoms with Crippen molar-refractivity contribution in [2.75, 3.05) is 24.5 Å². The van der Waals surface area contributed by atoms with E-state index in [-0.39, 0.29) is 30.7 Å². The second kappa shape index (κ2) is 10.5. The topological polar surface area (TPSA) is 131 Å². The number of aliphatic hydroxyl groups excluding tert-OH is 2. The summed E-state index contributed by atoms with van der Waals surface area (Å²) in [5.74, 6) is -2.77. The number of esters is 1. The minimum atomic E-state index is -4.14. The first-order chi connectivity index (χ1) is 15.7. The van der Waals surface area contributed by atoms with Crippen molar-refractivity contribution < 1.29 is 42.0 Å². The summed E-state index contributed by atoms with van der Waals surface area (Å²) in [5, 5.41) is 17.8. The maximum absolute atomic E-state index is 13.7. The lowest BCUT2D eigenvalue weighted by atomic mass is 9.94. The highest BCUT2D eigenvalue weighted by atomic mass is 32.2. The normalized spacial score (nSPS) is 24.5.